The number of carbonyl (C=O) groups is 1. The Bertz CT molecular complexity index is 359. The number of carbonyl (C=O) groups excluding carboxylic acids is 1. The number of rotatable bonds is 3. The molecule has 2 fully saturated rings. The Labute approximate surface area is 126 Å². The quantitative estimate of drug-likeness (QED) is 0.479. The fraction of sp³-hybridized carbons (Fsp3) is 0.867. The van der Waals surface area contributed by atoms with Crippen molar-refractivity contribution in [3.05, 3.63) is 0 Å². The molecule has 1 N–H and O–H groups in total. The third-order valence-electron chi connectivity index (χ3n) is 4.30. The van der Waals surface area contributed by atoms with Crippen LogP contribution in [-0.4, -0.2) is 63.3 Å². The number of piperidine rings is 1. The lowest BCUT2D eigenvalue weighted by Gasteiger charge is -2.34. The largest absolute Gasteiger partial charge is 0.469 e. The van der Waals surface area contributed by atoms with Gasteiger partial charge in [0.1, 0.15) is 0 Å². The van der Waals surface area contributed by atoms with E-state index in [0.29, 0.717) is 6.10 Å². The monoisotopic (exact) mass is 297 g/mol. The highest BCUT2D eigenvalue weighted by molar-refractivity contribution is 5.80. The van der Waals surface area contributed by atoms with Crippen LogP contribution in [0.5, 0.6) is 0 Å². The van der Waals surface area contributed by atoms with Crippen molar-refractivity contribution in [2.24, 2.45) is 10.9 Å². The summed E-state index contributed by atoms with van der Waals surface area (Å²) in [5.74, 6) is 0.853. The number of methoxy groups -OCH3 is 1. The van der Waals surface area contributed by atoms with Gasteiger partial charge in [0.05, 0.1) is 19.1 Å². The Balaban J connectivity index is 1.75. The summed E-state index contributed by atoms with van der Waals surface area (Å²) in [5, 5.41) is 3.40. The van der Waals surface area contributed by atoms with Crippen LogP contribution >= 0.6 is 0 Å². The average Bonchev–Trinajstić information content (AvgIpc) is 2.56. The molecule has 0 aromatic rings. The smallest absolute Gasteiger partial charge is 0.308 e. The van der Waals surface area contributed by atoms with E-state index in [1.54, 1.807) is 7.05 Å². The van der Waals surface area contributed by atoms with E-state index in [4.69, 9.17) is 9.47 Å². The summed E-state index contributed by atoms with van der Waals surface area (Å²) in [6.45, 7) is 3.36. The van der Waals surface area contributed by atoms with Crippen molar-refractivity contribution >= 4 is 11.9 Å². The molecule has 2 aliphatic heterocycles. The summed E-state index contributed by atoms with van der Waals surface area (Å²) in [5.41, 5.74) is 0. The molecule has 0 amide bonds. The number of nitrogens with one attached hydrogen (secondary N) is 1. The topological polar surface area (TPSA) is 63.2 Å². The van der Waals surface area contributed by atoms with Gasteiger partial charge < -0.3 is 19.7 Å². The Morgan fingerprint density at radius 1 is 1.33 bits per heavy atom. The van der Waals surface area contributed by atoms with Crippen molar-refractivity contribution < 1.29 is 14.3 Å². The van der Waals surface area contributed by atoms with Gasteiger partial charge >= 0.3 is 5.97 Å². The molecule has 0 bridgehead atoms. The zero-order valence-corrected chi connectivity index (χ0v) is 13.1. The summed E-state index contributed by atoms with van der Waals surface area (Å²) in [6, 6.07) is 0. The number of guanidine groups is 1. The van der Waals surface area contributed by atoms with Crippen LogP contribution in [-0.2, 0) is 14.3 Å². The van der Waals surface area contributed by atoms with E-state index in [1.807, 2.05) is 0 Å². The molecule has 6 heteroatoms. The highest BCUT2D eigenvalue weighted by Gasteiger charge is 2.27. The van der Waals surface area contributed by atoms with Gasteiger partial charge in [-0.1, -0.05) is 0 Å². The van der Waals surface area contributed by atoms with Crippen LogP contribution in [0.3, 0.4) is 0 Å². The minimum Gasteiger partial charge on any atom is -0.469 e. The van der Waals surface area contributed by atoms with Crippen molar-refractivity contribution in [1.29, 1.82) is 0 Å². The van der Waals surface area contributed by atoms with Crippen molar-refractivity contribution in [3.63, 3.8) is 0 Å². The molecule has 1 unspecified atom stereocenters. The van der Waals surface area contributed by atoms with Gasteiger partial charge in [0.15, 0.2) is 5.96 Å². The first kappa shape index (κ1) is 16.1. The molecule has 0 spiro atoms. The van der Waals surface area contributed by atoms with E-state index in [1.165, 1.54) is 20.0 Å². The number of ether oxygens (including phenoxy) is 2. The second kappa shape index (κ2) is 8.22. The van der Waals surface area contributed by atoms with Crippen molar-refractivity contribution in [1.82, 2.24) is 10.2 Å². The summed E-state index contributed by atoms with van der Waals surface area (Å²) in [4.78, 5) is 18.1. The lowest BCUT2D eigenvalue weighted by molar-refractivity contribution is -0.146. The van der Waals surface area contributed by atoms with E-state index < -0.39 is 0 Å². The van der Waals surface area contributed by atoms with Crippen molar-refractivity contribution in [3.8, 4) is 0 Å². The standard InChI is InChI=1S/C15H27N3O3/c1-16-15(17-11-13-5-3-4-10-21-13)18-8-6-12(7-9-18)14(19)20-2/h12-13H,3-11H2,1-2H3,(H,16,17). The van der Waals surface area contributed by atoms with Gasteiger partial charge in [0.2, 0.25) is 0 Å². The Hall–Kier alpha value is -1.30. The van der Waals surface area contributed by atoms with Gasteiger partial charge in [0.25, 0.3) is 0 Å². The molecule has 21 heavy (non-hydrogen) atoms. The molecular weight excluding hydrogens is 270 g/mol. The van der Waals surface area contributed by atoms with Crippen molar-refractivity contribution in [2.75, 3.05) is 40.4 Å². The average molecular weight is 297 g/mol. The summed E-state index contributed by atoms with van der Waals surface area (Å²) in [7, 11) is 3.26. The second-order valence-electron chi connectivity index (χ2n) is 5.70. The maximum atomic E-state index is 11.5. The number of nitrogens with zero attached hydrogens (tertiary/aromatic N) is 2. The van der Waals surface area contributed by atoms with Crippen LogP contribution in [0.4, 0.5) is 0 Å². The maximum Gasteiger partial charge on any atom is 0.308 e. The van der Waals surface area contributed by atoms with E-state index in [0.717, 1.165) is 51.5 Å². The predicted octanol–water partition coefficient (Wildman–Crippen LogP) is 1.02. The molecule has 0 saturated carbocycles. The number of aliphatic imine (C=N–C) groups is 1. The molecule has 0 aromatic heterocycles. The first-order chi connectivity index (χ1) is 10.2. The molecule has 2 aliphatic rings. The van der Waals surface area contributed by atoms with Crippen LogP contribution in [0, 0.1) is 5.92 Å². The minimum atomic E-state index is -0.0896. The summed E-state index contributed by atoms with van der Waals surface area (Å²) in [6.07, 6.45) is 5.49. The first-order valence-electron chi connectivity index (χ1n) is 7.89. The molecule has 6 nitrogen and oxygen atoms in total. The van der Waals surface area contributed by atoms with Gasteiger partial charge in [-0.15, -0.1) is 0 Å². The summed E-state index contributed by atoms with van der Waals surface area (Å²) < 4.78 is 10.5. The Kier molecular flexibility index (Phi) is 6.29. The van der Waals surface area contributed by atoms with Crippen LogP contribution in [0.1, 0.15) is 32.1 Å². The van der Waals surface area contributed by atoms with E-state index in [2.05, 4.69) is 15.2 Å². The predicted molar refractivity (Wildman–Crippen MR) is 81.3 cm³/mol. The summed E-state index contributed by atoms with van der Waals surface area (Å²) >= 11 is 0. The molecular formula is C15H27N3O3. The van der Waals surface area contributed by atoms with Crippen LogP contribution in [0.2, 0.25) is 0 Å². The van der Waals surface area contributed by atoms with Gasteiger partial charge in [-0.2, -0.15) is 0 Å². The van der Waals surface area contributed by atoms with Crippen LogP contribution in [0.15, 0.2) is 4.99 Å². The van der Waals surface area contributed by atoms with E-state index in [-0.39, 0.29) is 11.9 Å². The lowest BCUT2D eigenvalue weighted by atomic mass is 9.97. The highest BCUT2D eigenvalue weighted by Crippen LogP contribution is 2.18. The minimum absolute atomic E-state index is 0.0334. The van der Waals surface area contributed by atoms with Crippen molar-refractivity contribution in [2.45, 2.75) is 38.2 Å². The molecule has 2 rings (SSSR count). The van der Waals surface area contributed by atoms with Crippen LogP contribution < -0.4 is 5.32 Å². The van der Waals surface area contributed by atoms with Gasteiger partial charge in [-0.05, 0) is 32.1 Å². The molecule has 0 radical (unpaired) electrons. The number of hydrogen-bond acceptors (Lipinski definition) is 4. The normalized spacial score (nSPS) is 24.8. The Morgan fingerprint density at radius 3 is 2.67 bits per heavy atom. The fourth-order valence-corrected chi connectivity index (χ4v) is 3.00. The third-order valence-corrected chi connectivity index (χ3v) is 4.30. The van der Waals surface area contributed by atoms with Gasteiger partial charge in [-0.25, -0.2) is 0 Å². The SMILES string of the molecule is CN=C(NCC1CCCCO1)N1CCC(C(=O)OC)CC1. The van der Waals surface area contributed by atoms with Gasteiger partial charge in [0, 0.05) is 33.3 Å². The third kappa shape index (κ3) is 4.59. The highest BCUT2D eigenvalue weighted by atomic mass is 16.5. The molecule has 0 aromatic carbocycles. The zero-order chi connectivity index (χ0) is 15.1. The lowest BCUT2D eigenvalue weighted by Crippen LogP contribution is -2.48. The molecule has 120 valence electrons. The second-order valence-corrected chi connectivity index (χ2v) is 5.70. The molecule has 0 aliphatic carbocycles. The van der Waals surface area contributed by atoms with Crippen LogP contribution in [0.25, 0.3) is 0 Å². The zero-order valence-electron chi connectivity index (χ0n) is 13.1. The van der Waals surface area contributed by atoms with E-state index >= 15 is 0 Å². The van der Waals surface area contributed by atoms with Gasteiger partial charge in [-0.3, -0.25) is 9.79 Å². The fourth-order valence-electron chi connectivity index (χ4n) is 3.00. The Morgan fingerprint density at radius 2 is 2.10 bits per heavy atom. The maximum absolute atomic E-state index is 11.5. The molecule has 1 atom stereocenters. The first-order valence-corrected chi connectivity index (χ1v) is 7.89. The molecule has 2 saturated heterocycles. The molecule has 2 heterocycles. The number of hydrogen-bond donors (Lipinski definition) is 1. The van der Waals surface area contributed by atoms with E-state index in [9.17, 15) is 4.79 Å². The number of likely N-dealkylation sites (tertiary alicyclic amines) is 1. The number of esters is 1.